The number of fused-ring (bicyclic) bond motifs is 21. The number of furan rings is 1. The molecule has 2 aliphatic heterocycles. The topological polar surface area (TPSA) is 20.9 Å². The maximum atomic E-state index is 7.10. The summed E-state index contributed by atoms with van der Waals surface area (Å²) in [4.78, 5) is 0. The Morgan fingerprint density at radius 1 is 0.571 bits per heavy atom. The molecule has 6 aromatic carbocycles. The number of hydrogen-bond donors (Lipinski definition) is 0. The van der Waals surface area contributed by atoms with Crippen LogP contribution in [-0.2, 0) is 5.66 Å². The van der Waals surface area contributed by atoms with Gasteiger partial charge < -0.3 is 4.42 Å². The van der Waals surface area contributed by atoms with Crippen molar-refractivity contribution < 1.29 is 13.6 Å². The standard InChI is InChI=1S/C45H34N2OSi/c1-27-23-24-46-39(25-27)43-37(45(46)36-16-10-9-15-34(36)38-21-17-28(26-47(38)45)49(2,3)4)20-18-35-42-40(48-44(35)43)22-19-33-31-13-6-5-11-29(31)30-12-7-8-14-32(30)41(33)42/h5-26H,1-4H3/q+2. The van der Waals surface area contributed by atoms with Crippen LogP contribution in [0.15, 0.2) is 138 Å². The van der Waals surface area contributed by atoms with Gasteiger partial charge in [0.25, 0.3) is 0 Å². The summed E-state index contributed by atoms with van der Waals surface area (Å²) in [5, 5.41) is 11.4. The first-order chi connectivity index (χ1) is 23.9. The van der Waals surface area contributed by atoms with Gasteiger partial charge in [0.1, 0.15) is 27.9 Å². The fraction of sp³-hybridized carbons (Fsp3) is 0.111. The van der Waals surface area contributed by atoms with Gasteiger partial charge in [-0.2, -0.15) is 0 Å². The van der Waals surface area contributed by atoms with Crippen LogP contribution in [0.2, 0.25) is 19.6 Å². The normalized spacial score (nSPS) is 16.2. The van der Waals surface area contributed by atoms with Crippen molar-refractivity contribution in [1.82, 2.24) is 0 Å². The van der Waals surface area contributed by atoms with Crippen LogP contribution < -0.4 is 14.3 Å². The zero-order valence-corrected chi connectivity index (χ0v) is 29.0. The summed E-state index contributed by atoms with van der Waals surface area (Å²) in [7, 11) is -1.62. The molecule has 1 unspecified atom stereocenters. The Bertz CT molecular complexity index is 2910. The smallest absolute Gasteiger partial charge is 0.417 e. The second-order valence-electron chi connectivity index (χ2n) is 15.0. The van der Waals surface area contributed by atoms with Gasteiger partial charge in [0.15, 0.2) is 12.4 Å². The Balaban J connectivity index is 1.33. The summed E-state index contributed by atoms with van der Waals surface area (Å²) >= 11 is 0. The van der Waals surface area contributed by atoms with Gasteiger partial charge in [-0.25, -0.2) is 0 Å². The Morgan fingerprint density at radius 3 is 2.02 bits per heavy atom. The van der Waals surface area contributed by atoms with Crippen LogP contribution in [0, 0.1) is 6.92 Å². The minimum Gasteiger partial charge on any atom is -0.455 e. The molecule has 0 amide bonds. The molecule has 0 saturated carbocycles. The lowest BCUT2D eigenvalue weighted by molar-refractivity contribution is -0.954. The highest BCUT2D eigenvalue weighted by atomic mass is 28.3. The van der Waals surface area contributed by atoms with E-state index in [1.165, 1.54) is 82.1 Å². The van der Waals surface area contributed by atoms with Crippen molar-refractivity contribution in [1.29, 1.82) is 0 Å². The van der Waals surface area contributed by atoms with Crippen LogP contribution in [-0.4, -0.2) is 8.07 Å². The van der Waals surface area contributed by atoms with Crippen molar-refractivity contribution >= 4 is 67.5 Å². The van der Waals surface area contributed by atoms with Crippen molar-refractivity contribution in [2.75, 3.05) is 0 Å². The van der Waals surface area contributed by atoms with Crippen molar-refractivity contribution in [3.8, 4) is 22.5 Å². The molecule has 49 heavy (non-hydrogen) atoms. The molecule has 2 aliphatic rings. The number of nitrogens with zero attached hydrogens (tertiary/aromatic N) is 2. The Morgan fingerprint density at radius 2 is 1.24 bits per heavy atom. The molecular weight excluding hydrogens is 613 g/mol. The van der Waals surface area contributed by atoms with E-state index in [1.54, 1.807) is 0 Å². The lowest BCUT2D eigenvalue weighted by atomic mass is 9.88. The van der Waals surface area contributed by atoms with Crippen molar-refractivity contribution in [3.05, 3.63) is 150 Å². The molecule has 0 fully saturated rings. The molecule has 1 atom stereocenters. The van der Waals surface area contributed by atoms with Gasteiger partial charge in [-0.3, -0.25) is 0 Å². The number of benzene rings is 6. The maximum absolute atomic E-state index is 7.10. The van der Waals surface area contributed by atoms with E-state index < -0.39 is 13.7 Å². The summed E-state index contributed by atoms with van der Waals surface area (Å²) in [6.45, 7) is 9.51. The second-order valence-corrected chi connectivity index (χ2v) is 20.1. The predicted octanol–water partition coefficient (Wildman–Crippen LogP) is 9.73. The van der Waals surface area contributed by atoms with Crippen LogP contribution in [0.25, 0.3) is 76.8 Å². The molecule has 0 N–H and O–H groups in total. The molecule has 5 heterocycles. The molecule has 3 aromatic heterocycles. The van der Waals surface area contributed by atoms with Gasteiger partial charge in [0, 0.05) is 39.5 Å². The highest BCUT2D eigenvalue weighted by Gasteiger charge is 2.67. The highest BCUT2D eigenvalue weighted by Crippen LogP contribution is 2.51. The summed E-state index contributed by atoms with van der Waals surface area (Å²) in [5.41, 5.74) is 10.0. The second kappa shape index (κ2) is 9.10. The fourth-order valence-electron chi connectivity index (χ4n) is 9.17. The average molecular weight is 647 g/mol. The van der Waals surface area contributed by atoms with E-state index in [0.717, 1.165) is 16.6 Å². The number of hydrogen-bond acceptors (Lipinski definition) is 1. The minimum absolute atomic E-state index is 0.571. The van der Waals surface area contributed by atoms with Crippen LogP contribution in [0.1, 0.15) is 16.7 Å². The van der Waals surface area contributed by atoms with Crippen molar-refractivity contribution in [3.63, 3.8) is 0 Å². The Hall–Kier alpha value is -5.58. The first-order valence-corrected chi connectivity index (χ1v) is 20.8. The lowest BCUT2D eigenvalue weighted by Gasteiger charge is -2.20. The zero-order valence-electron chi connectivity index (χ0n) is 28.0. The van der Waals surface area contributed by atoms with Crippen molar-refractivity contribution in [2.24, 2.45) is 0 Å². The molecule has 0 radical (unpaired) electrons. The molecule has 4 heteroatoms. The van der Waals surface area contributed by atoms with Crippen molar-refractivity contribution in [2.45, 2.75) is 32.2 Å². The average Bonchev–Trinajstić information content (AvgIpc) is 3.74. The monoisotopic (exact) mass is 646 g/mol. The van der Waals surface area contributed by atoms with E-state index in [-0.39, 0.29) is 0 Å². The molecule has 3 nitrogen and oxygen atoms in total. The lowest BCUT2D eigenvalue weighted by Crippen LogP contribution is -2.72. The number of rotatable bonds is 1. The van der Waals surface area contributed by atoms with E-state index in [1.807, 2.05) is 0 Å². The molecular formula is C45H34N2OSi+2. The first-order valence-electron chi connectivity index (χ1n) is 17.3. The third-order valence-corrected chi connectivity index (χ3v) is 13.4. The molecule has 0 saturated heterocycles. The molecule has 232 valence electrons. The maximum Gasteiger partial charge on any atom is 0.417 e. The molecule has 1 spiro atoms. The Kier molecular flexibility index (Phi) is 5.08. The number of aryl methyl sites for hydroxylation is 1. The largest absolute Gasteiger partial charge is 0.455 e. The van der Waals surface area contributed by atoms with E-state index in [4.69, 9.17) is 4.42 Å². The van der Waals surface area contributed by atoms with Crippen LogP contribution in [0.5, 0.6) is 0 Å². The summed E-state index contributed by atoms with van der Waals surface area (Å²) in [5.74, 6) is 0. The van der Waals surface area contributed by atoms with E-state index in [2.05, 4.69) is 169 Å². The third kappa shape index (κ3) is 3.28. The van der Waals surface area contributed by atoms with Gasteiger partial charge >= 0.3 is 5.66 Å². The number of aromatic nitrogens is 2. The van der Waals surface area contributed by atoms with Gasteiger partial charge in [-0.1, -0.05) is 86.4 Å². The summed E-state index contributed by atoms with van der Waals surface area (Å²) < 4.78 is 12.2. The minimum atomic E-state index is -1.62. The van der Waals surface area contributed by atoms with E-state index >= 15 is 0 Å². The number of pyridine rings is 2. The first kappa shape index (κ1) is 27.4. The summed E-state index contributed by atoms with van der Waals surface area (Å²) in [6.07, 6.45) is 4.76. The van der Waals surface area contributed by atoms with Crippen LogP contribution in [0.3, 0.4) is 0 Å². The summed E-state index contributed by atoms with van der Waals surface area (Å²) in [6, 6.07) is 45.2. The predicted molar refractivity (Wildman–Crippen MR) is 203 cm³/mol. The SMILES string of the molecule is Cc1cc[n+]2c(c1)-c1c(ccc3c1oc1ccc4c5ccccc5c5ccccc5c4c13)C21c2ccccc2-c2ccc([Si](C)(C)C)c[n+]21. The Labute approximate surface area is 285 Å². The zero-order chi connectivity index (χ0) is 32.8. The van der Waals surface area contributed by atoms with Crippen LogP contribution >= 0.6 is 0 Å². The molecule has 0 aliphatic carbocycles. The molecule has 9 aromatic rings. The van der Waals surface area contributed by atoms with Gasteiger partial charge in [-0.05, 0) is 75.8 Å². The van der Waals surface area contributed by atoms with Gasteiger partial charge in [0.2, 0.25) is 11.4 Å². The van der Waals surface area contributed by atoms with Gasteiger partial charge in [-0.15, -0.1) is 9.13 Å². The van der Waals surface area contributed by atoms with E-state index in [9.17, 15) is 0 Å². The van der Waals surface area contributed by atoms with Crippen LogP contribution in [0.4, 0.5) is 0 Å². The fourth-order valence-corrected chi connectivity index (χ4v) is 10.3. The highest BCUT2D eigenvalue weighted by molar-refractivity contribution is 6.88. The van der Waals surface area contributed by atoms with Gasteiger partial charge in [0.05, 0.1) is 13.6 Å². The molecule has 0 bridgehead atoms. The third-order valence-electron chi connectivity index (χ3n) is 11.3. The van der Waals surface area contributed by atoms with E-state index in [0.29, 0.717) is 0 Å². The molecule has 11 rings (SSSR count). The quantitative estimate of drug-likeness (QED) is 0.0988.